The Hall–Kier alpha value is -1.55. The van der Waals surface area contributed by atoms with Gasteiger partial charge in [0.2, 0.25) is 0 Å². The molecule has 1 N–H and O–H groups in total. The minimum Gasteiger partial charge on any atom is -0.469 e. The van der Waals surface area contributed by atoms with E-state index >= 15 is 0 Å². The Morgan fingerprint density at radius 3 is 3.07 bits per heavy atom. The smallest absolute Gasteiger partial charge is 0.310 e. The molecule has 4 heteroatoms. The summed E-state index contributed by atoms with van der Waals surface area (Å²) in [6.45, 7) is 9.66. The van der Waals surface area contributed by atoms with Gasteiger partial charge >= 0.3 is 5.97 Å². The van der Waals surface area contributed by atoms with Crippen LogP contribution in [-0.4, -0.2) is 24.7 Å². The highest BCUT2D eigenvalue weighted by Crippen LogP contribution is 2.56. The third-order valence-corrected chi connectivity index (χ3v) is 7.41. The van der Waals surface area contributed by atoms with E-state index in [-0.39, 0.29) is 23.4 Å². The lowest BCUT2D eigenvalue weighted by Gasteiger charge is -2.50. The van der Waals surface area contributed by atoms with Gasteiger partial charge in [-0.15, -0.1) is 0 Å². The van der Waals surface area contributed by atoms with Gasteiger partial charge in [-0.25, -0.2) is 0 Å². The molecule has 1 aromatic heterocycles. The van der Waals surface area contributed by atoms with E-state index in [4.69, 9.17) is 9.15 Å². The highest BCUT2D eigenvalue weighted by molar-refractivity contribution is 5.75. The van der Waals surface area contributed by atoms with Crippen LogP contribution in [0.1, 0.15) is 58.1 Å². The van der Waals surface area contributed by atoms with E-state index in [1.54, 1.807) is 6.26 Å². The first-order valence-electron chi connectivity index (χ1n) is 10.6. The molecule has 0 bridgehead atoms. The van der Waals surface area contributed by atoms with Crippen LogP contribution in [0.4, 0.5) is 0 Å². The predicted molar refractivity (Wildman–Crippen MR) is 105 cm³/mol. The van der Waals surface area contributed by atoms with Crippen molar-refractivity contribution in [3.8, 4) is 0 Å². The van der Waals surface area contributed by atoms with Gasteiger partial charge in [0.1, 0.15) is 11.9 Å². The molecule has 3 aliphatic rings. The number of hydrogen-bond acceptors (Lipinski definition) is 4. The first-order chi connectivity index (χ1) is 13.0. The summed E-state index contributed by atoms with van der Waals surface area (Å²) in [5.74, 6) is 1.91. The zero-order chi connectivity index (χ0) is 19.0. The van der Waals surface area contributed by atoms with Gasteiger partial charge in [-0.05, 0) is 68.9 Å². The van der Waals surface area contributed by atoms with Gasteiger partial charge in [0, 0.05) is 24.9 Å². The fourth-order valence-corrected chi connectivity index (χ4v) is 5.73. The number of aryl methyl sites for hydroxylation is 1. The minimum absolute atomic E-state index is 0.00333. The van der Waals surface area contributed by atoms with Crippen LogP contribution in [0.3, 0.4) is 0 Å². The second kappa shape index (κ2) is 7.46. The van der Waals surface area contributed by atoms with Crippen LogP contribution in [0.2, 0.25) is 0 Å². The molecule has 27 heavy (non-hydrogen) atoms. The van der Waals surface area contributed by atoms with Crippen molar-refractivity contribution in [3.05, 3.63) is 36.3 Å². The van der Waals surface area contributed by atoms with E-state index in [1.165, 1.54) is 18.4 Å². The second-order valence-electron chi connectivity index (χ2n) is 9.33. The number of ether oxygens (including phenoxy) is 1. The van der Waals surface area contributed by atoms with E-state index in [0.29, 0.717) is 17.9 Å². The molecule has 1 aromatic rings. The number of furan rings is 1. The maximum Gasteiger partial charge on any atom is 0.310 e. The maximum atomic E-state index is 12.6. The zero-order valence-corrected chi connectivity index (χ0v) is 16.7. The fourth-order valence-electron chi connectivity index (χ4n) is 5.73. The van der Waals surface area contributed by atoms with Crippen LogP contribution < -0.4 is 5.32 Å². The Kier molecular flexibility index (Phi) is 5.19. The average Bonchev–Trinajstić information content (AvgIpc) is 3.23. The van der Waals surface area contributed by atoms with Crippen molar-refractivity contribution in [1.82, 2.24) is 5.32 Å². The number of rotatable bonds is 6. The van der Waals surface area contributed by atoms with Gasteiger partial charge in [-0.2, -0.15) is 0 Å². The highest BCUT2D eigenvalue weighted by atomic mass is 16.6. The lowest BCUT2D eigenvalue weighted by Crippen LogP contribution is -2.45. The minimum atomic E-state index is -0.0136. The molecule has 4 nitrogen and oxygen atoms in total. The normalized spacial score (nSPS) is 36.8. The SMILES string of the molecule is C=C1CCC[C@]2(C)C[C@@H]3OC(=O)[C@H](CN[C@@H](C)CCc4ccco4)[C@@H]3C[C@H]12. The van der Waals surface area contributed by atoms with Crippen molar-refractivity contribution in [3.63, 3.8) is 0 Å². The molecule has 0 spiro atoms. The number of esters is 1. The zero-order valence-electron chi connectivity index (χ0n) is 16.7. The van der Waals surface area contributed by atoms with Gasteiger partial charge < -0.3 is 14.5 Å². The summed E-state index contributed by atoms with van der Waals surface area (Å²) in [7, 11) is 0. The summed E-state index contributed by atoms with van der Waals surface area (Å²) in [5.41, 5.74) is 1.68. The molecule has 4 rings (SSSR count). The molecule has 0 amide bonds. The molecule has 2 aliphatic carbocycles. The molecule has 1 saturated heterocycles. The highest BCUT2D eigenvalue weighted by Gasteiger charge is 2.54. The summed E-state index contributed by atoms with van der Waals surface area (Å²) < 4.78 is 11.3. The van der Waals surface area contributed by atoms with Crippen molar-refractivity contribution in [1.29, 1.82) is 0 Å². The van der Waals surface area contributed by atoms with Crippen LogP contribution in [0.15, 0.2) is 35.0 Å². The van der Waals surface area contributed by atoms with Gasteiger partial charge in [-0.3, -0.25) is 4.79 Å². The molecule has 2 heterocycles. The van der Waals surface area contributed by atoms with Gasteiger partial charge in [0.05, 0.1) is 12.2 Å². The lowest BCUT2D eigenvalue weighted by molar-refractivity contribution is -0.146. The topological polar surface area (TPSA) is 51.5 Å². The first-order valence-corrected chi connectivity index (χ1v) is 10.6. The molecule has 6 atom stereocenters. The third-order valence-electron chi connectivity index (χ3n) is 7.41. The van der Waals surface area contributed by atoms with Gasteiger partial charge in [0.15, 0.2) is 0 Å². The quantitative estimate of drug-likeness (QED) is 0.591. The van der Waals surface area contributed by atoms with E-state index in [0.717, 1.165) is 44.4 Å². The van der Waals surface area contributed by atoms with Crippen LogP contribution in [0.25, 0.3) is 0 Å². The van der Waals surface area contributed by atoms with Crippen molar-refractivity contribution in [2.45, 2.75) is 70.9 Å². The molecule has 3 fully saturated rings. The van der Waals surface area contributed by atoms with E-state index in [2.05, 4.69) is 25.7 Å². The third kappa shape index (κ3) is 3.73. The molecule has 2 saturated carbocycles. The summed E-state index contributed by atoms with van der Waals surface area (Å²) in [6.07, 6.45) is 9.45. The summed E-state index contributed by atoms with van der Waals surface area (Å²) >= 11 is 0. The summed E-state index contributed by atoms with van der Waals surface area (Å²) in [6, 6.07) is 4.29. The second-order valence-corrected chi connectivity index (χ2v) is 9.33. The molecular formula is C23H33NO3. The summed E-state index contributed by atoms with van der Waals surface area (Å²) in [4.78, 5) is 12.6. The van der Waals surface area contributed by atoms with Crippen LogP contribution in [0, 0.1) is 23.2 Å². The van der Waals surface area contributed by atoms with E-state index in [9.17, 15) is 4.79 Å². The Morgan fingerprint density at radius 2 is 2.30 bits per heavy atom. The first kappa shape index (κ1) is 18.8. The Labute approximate surface area is 162 Å². The molecule has 0 unspecified atom stereocenters. The van der Waals surface area contributed by atoms with Crippen molar-refractivity contribution in [2.24, 2.45) is 23.2 Å². The lowest BCUT2D eigenvalue weighted by atomic mass is 9.55. The number of carbonyl (C=O) groups is 1. The molecule has 1 aliphatic heterocycles. The van der Waals surface area contributed by atoms with Gasteiger partial charge in [-0.1, -0.05) is 19.1 Å². The van der Waals surface area contributed by atoms with Crippen LogP contribution in [-0.2, 0) is 16.0 Å². The van der Waals surface area contributed by atoms with Crippen molar-refractivity contribution < 1.29 is 13.9 Å². The van der Waals surface area contributed by atoms with E-state index < -0.39 is 0 Å². The van der Waals surface area contributed by atoms with Crippen LogP contribution >= 0.6 is 0 Å². The average molecular weight is 372 g/mol. The van der Waals surface area contributed by atoms with Crippen molar-refractivity contribution in [2.75, 3.05) is 6.54 Å². The maximum absolute atomic E-state index is 12.6. The monoisotopic (exact) mass is 371 g/mol. The standard InChI is InChI=1S/C23H33NO3/c1-15-6-4-10-23(3)13-21-18(12-20(15)23)19(22(25)27-21)14-24-16(2)8-9-17-7-5-11-26-17/h5,7,11,16,18-21,24H,1,4,6,8-10,12-14H2,2-3H3/t16-,18-,19+,20+,21-,23+/m0/s1. The fraction of sp³-hybridized carbons (Fsp3) is 0.696. The Bertz CT molecular complexity index is 682. The van der Waals surface area contributed by atoms with Crippen molar-refractivity contribution >= 4 is 5.97 Å². The predicted octanol–water partition coefficient (Wildman–Crippen LogP) is 4.50. The summed E-state index contributed by atoms with van der Waals surface area (Å²) in [5, 5.41) is 3.58. The molecule has 0 radical (unpaired) electrons. The van der Waals surface area contributed by atoms with Crippen LogP contribution in [0.5, 0.6) is 0 Å². The molecular weight excluding hydrogens is 338 g/mol. The number of carbonyl (C=O) groups excluding carboxylic acids is 1. The number of fused-ring (bicyclic) bond motifs is 2. The van der Waals surface area contributed by atoms with Gasteiger partial charge in [0.25, 0.3) is 0 Å². The Balaban J connectivity index is 1.34. The van der Waals surface area contributed by atoms with E-state index in [1.807, 2.05) is 12.1 Å². The number of hydrogen-bond donors (Lipinski definition) is 1. The Morgan fingerprint density at radius 1 is 1.44 bits per heavy atom. The molecule has 0 aromatic carbocycles. The number of nitrogens with one attached hydrogen (secondary N) is 1. The molecule has 148 valence electrons. The largest absolute Gasteiger partial charge is 0.469 e. The number of allylic oxidation sites excluding steroid dienone is 1.